The molecule has 0 saturated heterocycles. The van der Waals surface area contributed by atoms with Gasteiger partial charge in [-0.15, -0.1) is 11.3 Å². The van der Waals surface area contributed by atoms with E-state index >= 15 is 0 Å². The molecule has 1 N–H and O–H groups in total. The molecule has 0 unspecified atom stereocenters. The molecule has 3 nitrogen and oxygen atoms in total. The highest BCUT2D eigenvalue weighted by molar-refractivity contribution is 7.17. The summed E-state index contributed by atoms with van der Waals surface area (Å²) in [5.74, 6) is -0.0353. The number of hydrogen-bond acceptors (Lipinski definition) is 3. The molecule has 0 radical (unpaired) electrons. The van der Waals surface area contributed by atoms with Gasteiger partial charge in [0, 0.05) is 28.8 Å². The lowest BCUT2D eigenvalue weighted by atomic mass is 10.1. The van der Waals surface area contributed by atoms with E-state index in [1.54, 1.807) is 12.4 Å². The number of nitrogens with zero attached hydrogens (tertiary/aromatic N) is 1. The molecule has 5 heteroatoms. The van der Waals surface area contributed by atoms with E-state index in [9.17, 15) is 4.79 Å². The second kappa shape index (κ2) is 7.60. The zero-order valence-corrected chi connectivity index (χ0v) is 14.8. The minimum Gasteiger partial charge on any atom is -0.351 e. The Morgan fingerprint density at radius 2 is 1.96 bits per heavy atom. The third kappa shape index (κ3) is 4.02. The average Bonchev–Trinajstić information content (AvgIpc) is 3.08. The number of halogens is 1. The number of benzene rings is 1. The molecular formula is C19H17ClN2OS. The van der Waals surface area contributed by atoms with Crippen molar-refractivity contribution in [2.24, 2.45) is 0 Å². The minimum absolute atomic E-state index is 0.0353. The number of carbonyl (C=O) groups is 1. The van der Waals surface area contributed by atoms with E-state index in [0.29, 0.717) is 6.54 Å². The van der Waals surface area contributed by atoms with Crippen molar-refractivity contribution in [2.75, 3.05) is 6.54 Å². The van der Waals surface area contributed by atoms with Gasteiger partial charge in [-0.3, -0.25) is 9.78 Å². The lowest BCUT2D eigenvalue weighted by Crippen LogP contribution is -2.25. The van der Waals surface area contributed by atoms with Gasteiger partial charge in [0.05, 0.1) is 4.88 Å². The van der Waals surface area contributed by atoms with Gasteiger partial charge in [0.25, 0.3) is 5.91 Å². The Morgan fingerprint density at radius 3 is 2.71 bits per heavy atom. The Hall–Kier alpha value is -2.17. The molecule has 0 aliphatic heterocycles. The summed E-state index contributed by atoms with van der Waals surface area (Å²) in [5, 5.41) is 3.72. The van der Waals surface area contributed by atoms with Crippen LogP contribution in [0.2, 0.25) is 5.02 Å². The zero-order chi connectivity index (χ0) is 16.9. The number of aryl methyl sites for hydroxylation is 1. The Balaban J connectivity index is 1.59. The van der Waals surface area contributed by atoms with E-state index in [1.807, 2.05) is 49.4 Å². The van der Waals surface area contributed by atoms with E-state index in [2.05, 4.69) is 10.3 Å². The van der Waals surface area contributed by atoms with Crippen molar-refractivity contribution in [2.45, 2.75) is 13.3 Å². The summed E-state index contributed by atoms with van der Waals surface area (Å²) >= 11 is 7.45. The van der Waals surface area contributed by atoms with Gasteiger partial charge in [0.1, 0.15) is 0 Å². The van der Waals surface area contributed by atoms with Gasteiger partial charge in [0.2, 0.25) is 0 Å². The Morgan fingerprint density at radius 1 is 1.17 bits per heavy atom. The zero-order valence-electron chi connectivity index (χ0n) is 13.3. The number of pyridine rings is 1. The highest BCUT2D eigenvalue weighted by atomic mass is 35.5. The number of aromatic nitrogens is 1. The minimum atomic E-state index is -0.0353. The van der Waals surface area contributed by atoms with Gasteiger partial charge in [0.15, 0.2) is 0 Å². The van der Waals surface area contributed by atoms with E-state index < -0.39 is 0 Å². The van der Waals surface area contributed by atoms with Crippen molar-refractivity contribution in [1.29, 1.82) is 0 Å². The lowest BCUT2D eigenvalue weighted by Gasteiger charge is -2.07. The standard InChI is InChI=1S/C19H17ClN2OS/c1-13-12-16(20)3-2-14(13)8-11-22-19(23)18-5-4-17(24-18)15-6-9-21-10-7-15/h2-7,9-10,12H,8,11H2,1H3,(H,22,23). The van der Waals surface area contributed by atoms with Crippen LogP contribution in [-0.4, -0.2) is 17.4 Å². The molecule has 0 bridgehead atoms. The number of thiophene rings is 1. The largest absolute Gasteiger partial charge is 0.351 e. The van der Waals surface area contributed by atoms with Crippen LogP contribution in [0.1, 0.15) is 20.8 Å². The number of amides is 1. The number of carbonyl (C=O) groups excluding carboxylic acids is 1. The predicted octanol–water partition coefficient (Wildman–Crippen LogP) is 4.74. The highest BCUT2D eigenvalue weighted by Crippen LogP contribution is 2.27. The third-order valence-electron chi connectivity index (χ3n) is 3.78. The summed E-state index contributed by atoms with van der Waals surface area (Å²) in [5.41, 5.74) is 3.42. The molecule has 3 rings (SSSR count). The van der Waals surface area contributed by atoms with Crippen LogP contribution in [0.25, 0.3) is 10.4 Å². The molecule has 0 fully saturated rings. The molecule has 2 heterocycles. The molecule has 122 valence electrons. The summed E-state index contributed by atoms with van der Waals surface area (Å²) in [6.07, 6.45) is 4.30. The predicted molar refractivity (Wildman–Crippen MR) is 99.8 cm³/mol. The fourth-order valence-corrected chi connectivity index (χ4v) is 3.62. The number of rotatable bonds is 5. The van der Waals surface area contributed by atoms with E-state index in [1.165, 1.54) is 16.9 Å². The van der Waals surface area contributed by atoms with E-state index in [-0.39, 0.29) is 5.91 Å². The molecule has 0 saturated carbocycles. The molecular weight excluding hydrogens is 340 g/mol. The normalized spacial score (nSPS) is 10.6. The van der Waals surface area contributed by atoms with Crippen molar-refractivity contribution in [3.63, 3.8) is 0 Å². The van der Waals surface area contributed by atoms with Gasteiger partial charge >= 0.3 is 0 Å². The van der Waals surface area contributed by atoms with Crippen LogP contribution >= 0.6 is 22.9 Å². The maximum atomic E-state index is 12.3. The van der Waals surface area contributed by atoms with Crippen LogP contribution in [0, 0.1) is 6.92 Å². The monoisotopic (exact) mass is 356 g/mol. The second-order valence-corrected chi connectivity index (χ2v) is 7.00. The third-order valence-corrected chi connectivity index (χ3v) is 5.15. The molecule has 2 aromatic heterocycles. The summed E-state index contributed by atoms with van der Waals surface area (Å²) in [6.45, 7) is 2.63. The van der Waals surface area contributed by atoms with Gasteiger partial charge in [-0.1, -0.05) is 17.7 Å². The molecule has 0 spiro atoms. The van der Waals surface area contributed by atoms with Gasteiger partial charge in [-0.25, -0.2) is 0 Å². The Bertz CT molecular complexity index is 846. The van der Waals surface area contributed by atoms with Crippen LogP contribution in [0.5, 0.6) is 0 Å². The Labute approximate surface area is 150 Å². The summed E-state index contributed by atoms with van der Waals surface area (Å²) in [7, 11) is 0. The van der Waals surface area contributed by atoms with Crippen molar-refractivity contribution >= 4 is 28.8 Å². The maximum Gasteiger partial charge on any atom is 0.261 e. The fraction of sp³-hybridized carbons (Fsp3) is 0.158. The summed E-state index contributed by atoms with van der Waals surface area (Å²) in [4.78, 5) is 18.1. The first kappa shape index (κ1) is 16.7. The molecule has 24 heavy (non-hydrogen) atoms. The lowest BCUT2D eigenvalue weighted by molar-refractivity contribution is 0.0958. The fourth-order valence-electron chi connectivity index (χ4n) is 2.47. The van der Waals surface area contributed by atoms with E-state index in [0.717, 1.165) is 32.3 Å². The smallest absolute Gasteiger partial charge is 0.261 e. The number of hydrogen-bond donors (Lipinski definition) is 1. The first-order valence-electron chi connectivity index (χ1n) is 7.67. The number of nitrogens with one attached hydrogen (secondary N) is 1. The van der Waals surface area contributed by atoms with Gasteiger partial charge < -0.3 is 5.32 Å². The van der Waals surface area contributed by atoms with Crippen LogP contribution in [-0.2, 0) is 6.42 Å². The second-order valence-electron chi connectivity index (χ2n) is 5.48. The van der Waals surface area contributed by atoms with Crippen LogP contribution in [0.4, 0.5) is 0 Å². The Kier molecular flexibility index (Phi) is 5.28. The van der Waals surface area contributed by atoms with E-state index in [4.69, 9.17) is 11.6 Å². The van der Waals surface area contributed by atoms with Crippen LogP contribution in [0.3, 0.4) is 0 Å². The first-order valence-corrected chi connectivity index (χ1v) is 8.86. The molecule has 1 amide bonds. The molecule has 1 aromatic carbocycles. The summed E-state index contributed by atoms with van der Waals surface area (Å²) in [6, 6.07) is 13.6. The average molecular weight is 357 g/mol. The van der Waals surface area contributed by atoms with Crippen molar-refractivity contribution in [3.8, 4) is 10.4 Å². The van der Waals surface area contributed by atoms with Crippen molar-refractivity contribution in [1.82, 2.24) is 10.3 Å². The molecule has 0 atom stereocenters. The SMILES string of the molecule is Cc1cc(Cl)ccc1CCNC(=O)c1ccc(-c2ccncc2)s1. The van der Waals surface area contributed by atoms with Crippen molar-refractivity contribution in [3.05, 3.63) is 75.9 Å². The summed E-state index contributed by atoms with van der Waals surface area (Å²) < 4.78 is 0. The molecule has 3 aromatic rings. The quantitative estimate of drug-likeness (QED) is 0.717. The van der Waals surface area contributed by atoms with Gasteiger partial charge in [-0.05, 0) is 66.4 Å². The van der Waals surface area contributed by atoms with Gasteiger partial charge in [-0.2, -0.15) is 0 Å². The van der Waals surface area contributed by atoms with Crippen LogP contribution < -0.4 is 5.32 Å². The molecule has 0 aliphatic rings. The first-order chi connectivity index (χ1) is 11.6. The van der Waals surface area contributed by atoms with Crippen LogP contribution in [0.15, 0.2) is 54.9 Å². The maximum absolute atomic E-state index is 12.3. The molecule has 0 aliphatic carbocycles. The highest BCUT2D eigenvalue weighted by Gasteiger charge is 2.10. The van der Waals surface area contributed by atoms with Crippen molar-refractivity contribution < 1.29 is 4.79 Å². The topological polar surface area (TPSA) is 42.0 Å².